The SMILES string of the molecule is C=CC1=C(C=C)C2(C(C=C)=C(/C=C\C)Cc3ccccc32)C(C=C)=C1C=C.CC.CC.CC. The van der Waals surface area contributed by atoms with Crippen LogP contribution in [0.15, 0.2) is 133 Å². The molecule has 33 heavy (non-hydrogen) atoms. The van der Waals surface area contributed by atoms with E-state index in [0.717, 1.165) is 28.7 Å². The maximum atomic E-state index is 4.19. The molecule has 2 aliphatic carbocycles. The second kappa shape index (κ2) is 14.9. The number of allylic oxidation sites excluding steroid dienone is 13. The number of benzene rings is 1. The van der Waals surface area contributed by atoms with E-state index < -0.39 is 5.41 Å². The van der Waals surface area contributed by atoms with E-state index >= 15 is 0 Å². The van der Waals surface area contributed by atoms with E-state index in [0.29, 0.717) is 0 Å². The van der Waals surface area contributed by atoms with Crippen molar-refractivity contribution in [1.82, 2.24) is 0 Å². The van der Waals surface area contributed by atoms with Crippen LogP contribution < -0.4 is 0 Å². The Morgan fingerprint density at radius 1 is 0.667 bits per heavy atom. The van der Waals surface area contributed by atoms with Crippen molar-refractivity contribution >= 4 is 0 Å². The Kier molecular flexibility index (Phi) is 13.4. The highest BCUT2D eigenvalue weighted by atomic mass is 14.5. The summed E-state index contributed by atoms with van der Waals surface area (Å²) >= 11 is 0. The topological polar surface area (TPSA) is 0 Å². The molecule has 0 fully saturated rings. The lowest BCUT2D eigenvalue weighted by Gasteiger charge is -2.42. The Hall–Kier alpha value is -3.12. The van der Waals surface area contributed by atoms with Crippen LogP contribution in [-0.2, 0) is 11.8 Å². The zero-order chi connectivity index (χ0) is 25.6. The van der Waals surface area contributed by atoms with Crippen molar-refractivity contribution in [3.63, 3.8) is 0 Å². The van der Waals surface area contributed by atoms with E-state index in [4.69, 9.17) is 0 Å². The molecule has 0 unspecified atom stereocenters. The molecule has 176 valence electrons. The van der Waals surface area contributed by atoms with Crippen molar-refractivity contribution in [3.05, 3.63) is 144 Å². The van der Waals surface area contributed by atoms with Crippen LogP contribution in [0, 0.1) is 0 Å². The molecule has 0 nitrogen and oxygen atoms in total. The smallest absolute Gasteiger partial charge is 0.0718 e. The van der Waals surface area contributed by atoms with Gasteiger partial charge in [0, 0.05) is 0 Å². The van der Waals surface area contributed by atoms with Crippen molar-refractivity contribution in [2.45, 2.75) is 60.3 Å². The standard InChI is InChI=1S/C27H26.3C2H6/c1-7-15-19-18-20-16-13-14-17-26(20)27(23(19)10-4)24(11-5)21(8-2)22(9-3)25(27)12-6;3*1-2/h7-17H,2-6,18H2,1H3;3*1-2H3/b15-7-;;;. The normalized spacial score (nSPS) is 15.4. The molecule has 1 spiro atoms. The molecule has 0 atom stereocenters. The van der Waals surface area contributed by atoms with E-state index in [1.807, 2.05) is 78.8 Å². The van der Waals surface area contributed by atoms with Gasteiger partial charge in [0.1, 0.15) is 0 Å². The van der Waals surface area contributed by atoms with Gasteiger partial charge in [0.2, 0.25) is 0 Å². The molecule has 1 aromatic carbocycles. The first-order valence-corrected chi connectivity index (χ1v) is 12.2. The minimum Gasteiger partial charge on any atom is -0.0987 e. The molecule has 0 N–H and O–H groups in total. The van der Waals surface area contributed by atoms with Crippen LogP contribution in [-0.4, -0.2) is 0 Å². The maximum Gasteiger partial charge on any atom is 0.0718 e. The summed E-state index contributed by atoms with van der Waals surface area (Å²) < 4.78 is 0. The van der Waals surface area contributed by atoms with Crippen LogP contribution in [0.4, 0.5) is 0 Å². The second-order valence-corrected chi connectivity index (χ2v) is 6.70. The van der Waals surface area contributed by atoms with Crippen molar-refractivity contribution in [2.24, 2.45) is 0 Å². The third kappa shape index (κ3) is 4.96. The summed E-state index contributed by atoms with van der Waals surface area (Å²) in [6, 6.07) is 8.63. The van der Waals surface area contributed by atoms with Gasteiger partial charge in [-0.1, -0.05) is 141 Å². The van der Waals surface area contributed by atoms with Crippen LogP contribution in [0.3, 0.4) is 0 Å². The maximum absolute atomic E-state index is 4.19. The molecule has 0 amide bonds. The minimum atomic E-state index is -0.484. The number of rotatable bonds is 6. The predicted molar refractivity (Wildman–Crippen MR) is 153 cm³/mol. The molecule has 0 heterocycles. The molecule has 0 bridgehead atoms. The predicted octanol–water partition coefficient (Wildman–Crippen LogP) is 9.97. The van der Waals surface area contributed by atoms with Crippen molar-refractivity contribution in [1.29, 1.82) is 0 Å². The molecule has 0 aromatic heterocycles. The van der Waals surface area contributed by atoms with E-state index in [-0.39, 0.29) is 0 Å². The van der Waals surface area contributed by atoms with E-state index in [1.54, 1.807) is 0 Å². The fraction of sp³-hybridized carbons (Fsp3) is 0.273. The number of hydrogen-bond acceptors (Lipinski definition) is 0. The molecular weight excluding hydrogens is 396 g/mol. The monoisotopic (exact) mass is 440 g/mol. The summed E-state index contributed by atoms with van der Waals surface area (Å²) in [5.74, 6) is 0. The van der Waals surface area contributed by atoms with E-state index in [9.17, 15) is 0 Å². The molecule has 1 aromatic rings. The summed E-state index contributed by atoms with van der Waals surface area (Å²) in [5, 5.41) is 0. The Balaban J connectivity index is 0.00000158. The van der Waals surface area contributed by atoms with Gasteiger partial charge in [-0.2, -0.15) is 0 Å². The lowest BCUT2D eigenvalue weighted by atomic mass is 9.60. The zero-order valence-electron chi connectivity index (χ0n) is 22.1. The molecule has 0 saturated heterocycles. The Morgan fingerprint density at radius 3 is 1.52 bits per heavy atom. The summed E-state index contributed by atoms with van der Waals surface area (Å²) in [5.41, 5.74) is 8.88. The van der Waals surface area contributed by atoms with Crippen LogP contribution in [0.5, 0.6) is 0 Å². The Bertz CT molecular complexity index is 947. The van der Waals surface area contributed by atoms with E-state index in [1.165, 1.54) is 22.3 Å². The van der Waals surface area contributed by atoms with Gasteiger partial charge < -0.3 is 0 Å². The fourth-order valence-electron chi connectivity index (χ4n) is 4.75. The average Bonchev–Trinajstić information content (AvgIpc) is 3.16. The van der Waals surface area contributed by atoms with Gasteiger partial charge in [-0.05, 0) is 57.9 Å². The summed E-state index contributed by atoms with van der Waals surface area (Å²) in [7, 11) is 0. The van der Waals surface area contributed by atoms with Crippen molar-refractivity contribution < 1.29 is 0 Å². The summed E-state index contributed by atoms with van der Waals surface area (Å²) in [4.78, 5) is 0. The van der Waals surface area contributed by atoms with Gasteiger partial charge in [-0.15, -0.1) is 0 Å². The highest BCUT2D eigenvalue weighted by molar-refractivity contribution is 5.79. The quantitative estimate of drug-likeness (QED) is 0.413. The molecule has 0 saturated carbocycles. The van der Waals surface area contributed by atoms with Gasteiger partial charge in [-0.25, -0.2) is 0 Å². The fourth-order valence-corrected chi connectivity index (χ4v) is 4.75. The van der Waals surface area contributed by atoms with E-state index in [2.05, 4.69) is 69.3 Å². The minimum absolute atomic E-state index is 0.484. The Morgan fingerprint density at radius 2 is 1.12 bits per heavy atom. The molecular formula is C33H44. The summed E-state index contributed by atoms with van der Waals surface area (Å²) in [6.07, 6.45) is 14.9. The first-order chi connectivity index (χ1) is 16.1. The lowest BCUT2D eigenvalue weighted by Crippen LogP contribution is -2.35. The van der Waals surface area contributed by atoms with Crippen LogP contribution in [0.2, 0.25) is 0 Å². The van der Waals surface area contributed by atoms with Gasteiger partial charge in [0.15, 0.2) is 0 Å². The second-order valence-electron chi connectivity index (χ2n) is 6.70. The van der Waals surface area contributed by atoms with Gasteiger partial charge in [-0.3, -0.25) is 0 Å². The molecule has 3 rings (SSSR count). The Labute approximate surface area is 204 Å². The van der Waals surface area contributed by atoms with Gasteiger partial charge in [0.05, 0.1) is 5.41 Å². The molecule has 0 aliphatic heterocycles. The first-order valence-electron chi connectivity index (χ1n) is 12.2. The third-order valence-electron chi connectivity index (χ3n) is 5.62. The average molecular weight is 441 g/mol. The van der Waals surface area contributed by atoms with Gasteiger partial charge in [0.25, 0.3) is 0 Å². The molecule has 0 heteroatoms. The van der Waals surface area contributed by atoms with Gasteiger partial charge >= 0.3 is 0 Å². The first kappa shape index (κ1) is 29.9. The summed E-state index contributed by atoms with van der Waals surface area (Å²) in [6.45, 7) is 34.7. The van der Waals surface area contributed by atoms with Crippen molar-refractivity contribution in [3.8, 4) is 0 Å². The zero-order valence-corrected chi connectivity index (χ0v) is 22.1. The highest BCUT2D eigenvalue weighted by Gasteiger charge is 2.49. The van der Waals surface area contributed by atoms with Crippen LogP contribution in [0.25, 0.3) is 0 Å². The molecule has 2 aliphatic rings. The number of fused-ring (bicyclic) bond motifs is 2. The van der Waals surface area contributed by atoms with Crippen molar-refractivity contribution in [2.75, 3.05) is 0 Å². The lowest BCUT2D eigenvalue weighted by molar-refractivity contribution is 0.712. The van der Waals surface area contributed by atoms with Crippen LogP contribution >= 0.6 is 0 Å². The molecule has 0 radical (unpaired) electrons. The highest BCUT2D eigenvalue weighted by Crippen LogP contribution is 2.58. The number of hydrogen-bond donors (Lipinski definition) is 0. The third-order valence-corrected chi connectivity index (χ3v) is 5.62. The van der Waals surface area contributed by atoms with Crippen LogP contribution in [0.1, 0.15) is 59.6 Å². The largest absolute Gasteiger partial charge is 0.0987 e.